The fraction of sp³-hybridized carbons (Fsp3) is 0.185. The van der Waals surface area contributed by atoms with Crippen LogP contribution >= 0.6 is 0 Å². The highest BCUT2D eigenvalue weighted by atomic mass is 19.4. The Kier molecular flexibility index (Phi) is 7.00. The molecular formula is C27H22F3NO5. The Morgan fingerprint density at radius 1 is 0.972 bits per heavy atom. The molecule has 1 aromatic heterocycles. The lowest BCUT2D eigenvalue weighted by atomic mass is 10.1. The molecule has 0 bridgehead atoms. The first-order valence-electron chi connectivity index (χ1n) is 11.1. The summed E-state index contributed by atoms with van der Waals surface area (Å²) in [6, 6.07) is 17.3. The molecule has 6 nitrogen and oxygen atoms in total. The fourth-order valence-corrected chi connectivity index (χ4v) is 3.42. The highest BCUT2D eigenvalue weighted by molar-refractivity contribution is 5.92. The lowest BCUT2D eigenvalue weighted by Gasteiger charge is -2.14. The van der Waals surface area contributed by atoms with E-state index in [2.05, 4.69) is 5.32 Å². The first-order valence-corrected chi connectivity index (χ1v) is 11.1. The molecule has 3 aromatic carbocycles. The number of rotatable bonds is 7. The van der Waals surface area contributed by atoms with Crippen molar-refractivity contribution in [2.45, 2.75) is 26.4 Å². The predicted octanol–water partition coefficient (Wildman–Crippen LogP) is 6.49. The zero-order chi connectivity index (χ0) is 25.9. The molecule has 36 heavy (non-hydrogen) atoms. The summed E-state index contributed by atoms with van der Waals surface area (Å²) in [6.45, 7) is 3.43. The number of hydrogen-bond donors (Lipinski definition) is 1. The molecule has 0 unspecified atom stereocenters. The molecule has 1 N–H and O–H groups in total. The molecule has 9 heteroatoms. The van der Waals surface area contributed by atoms with Gasteiger partial charge in [-0.1, -0.05) is 36.8 Å². The molecule has 0 fully saturated rings. The standard InChI is InChI=1S/C27H22F3NO5/c1-3-17-6-8-18(9-7-17)31-23(32)15-34-20-12-13-21-22(14-20)36-26(27(28,29)30)25(24(21)33)35-19-10-4-16(2)5-11-19/h4-14H,3,15H2,1-2H3,(H,31,32). The third-order valence-electron chi connectivity index (χ3n) is 5.34. The van der Waals surface area contributed by atoms with Crippen molar-refractivity contribution < 1.29 is 31.9 Å². The van der Waals surface area contributed by atoms with Crippen LogP contribution in [0.15, 0.2) is 75.9 Å². The lowest BCUT2D eigenvalue weighted by Crippen LogP contribution is -2.20. The van der Waals surface area contributed by atoms with E-state index in [1.807, 2.05) is 26.0 Å². The quantitative estimate of drug-likeness (QED) is 0.316. The van der Waals surface area contributed by atoms with Crippen LogP contribution in [0.2, 0.25) is 0 Å². The second-order valence-electron chi connectivity index (χ2n) is 8.05. The third-order valence-corrected chi connectivity index (χ3v) is 5.34. The van der Waals surface area contributed by atoms with E-state index in [-0.39, 0.29) is 22.5 Å². The number of fused-ring (bicyclic) bond motifs is 1. The first-order chi connectivity index (χ1) is 17.1. The van der Waals surface area contributed by atoms with Crippen LogP contribution in [0.1, 0.15) is 23.8 Å². The smallest absolute Gasteiger partial charge is 0.453 e. The molecule has 0 aliphatic carbocycles. The minimum Gasteiger partial charge on any atom is -0.484 e. The molecular weight excluding hydrogens is 475 g/mol. The van der Waals surface area contributed by atoms with Gasteiger partial charge in [0.25, 0.3) is 11.7 Å². The van der Waals surface area contributed by atoms with Crippen LogP contribution in [-0.2, 0) is 17.4 Å². The van der Waals surface area contributed by atoms with Gasteiger partial charge in [-0.3, -0.25) is 9.59 Å². The van der Waals surface area contributed by atoms with Crippen LogP contribution in [-0.4, -0.2) is 12.5 Å². The van der Waals surface area contributed by atoms with Gasteiger partial charge >= 0.3 is 6.18 Å². The van der Waals surface area contributed by atoms with Gasteiger partial charge in [-0.2, -0.15) is 13.2 Å². The lowest BCUT2D eigenvalue weighted by molar-refractivity contribution is -0.154. The van der Waals surface area contributed by atoms with Crippen LogP contribution in [0, 0.1) is 6.92 Å². The van der Waals surface area contributed by atoms with E-state index in [1.165, 1.54) is 24.3 Å². The number of amides is 1. The highest BCUT2D eigenvalue weighted by Crippen LogP contribution is 2.38. The van der Waals surface area contributed by atoms with Gasteiger partial charge in [0, 0.05) is 11.8 Å². The number of carbonyl (C=O) groups excluding carboxylic acids is 1. The van der Waals surface area contributed by atoms with Crippen LogP contribution in [0.3, 0.4) is 0 Å². The summed E-state index contributed by atoms with van der Waals surface area (Å²) < 4.78 is 57.0. The van der Waals surface area contributed by atoms with Gasteiger partial charge < -0.3 is 19.2 Å². The van der Waals surface area contributed by atoms with Crippen molar-refractivity contribution in [3.63, 3.8) is 0 Å². The summed E-state index contributed by atoms with van der Waals surface area (Å²) in [4.78, 5) is 25.1. The predicted molar refractivity (Wildman–Crippen MR) is 129 cm³/mol. The Labute approximate surface area is 204 Å². The molecule has 186 valence electrons. The third kappa shape index (κ3) is 5.68. The van der Waals surface area contributed by atoms with Crippen LogP contribution in [0.5, 0.6) is 17.2 Å². The normalized spacial score (nSPS) is 11.4. The van der Waals surface area contributed by atoms with Gasteiger partial charge in [0.05, 0.1) is 5.39 Å². The SMILES string of the molecule is CCc1ccc(NC(=O)COc2ccc3c(=O)c(Oc4ccc(C)cc4)c(C(F)(F)F)oc3c2)cc1. The van der Waals surface area contributed by atoms with Crippen molar-refractivity contribution in [3.05, 3.63) is 93.8 Å². The molecule has 4 rings (SSSR count). The van der Waals surface area contributed by atoms with E-state index in [1.54, 1.807) is 24.3 Å². The average Bonchev–Trinajstić information content (AvgIpc) is 2.85. The number of alkyl halides is 3. The van der Waals surface area contributed by atoms with Crippen LogP contribution in [0.25, 0.3) is 11.0 Å². The van der Waals surface area contributed by atoms with Gasteiger partial charge in [-0.15, -0.1) is 0 Å². The molecule has 0 aliphatic rings. The highest BCUT2D eigenvalue weighted by Gasteiger charge is 2.40. The second-order valence-corrected chi connectivity index (χ2v) is 8.05. The number of nitrogens with one attached hydrogen (secondary N) is 1. The molecule has 1 amide bonds. The zero-order valence-electron chi connectivity index (χ0n) is 19.4. The van der Waals surface area contributed by atoms with Gasteiger partial charge in [0.1, 0.15) is 17.1 Å². The molecule has 0 spiro atoms. The summed E-state index contributed by atoms with van der Waals surface area (Å²) in [5.74, 6) is -2.86. The zero-order valence-corrected chi connectivity index (χ0v) is 19.4. The van der Waals surface area contributed by atoms with Gasteiger partial charge in [0.15, 0.2) is 6.61 Å². The Morgan fingerprint density at radius 3 is 2.28 bits per heavy atom. The number of halogens is 3. The van der Waals surface area contributed by atoms with Crippen LogP contribution in [0.4, 0.5) is 18.9 Å². The van der Waals surface area contributed by atoms with E-state index in [9.17, 15) is 22.8 Å². The molecule has 0 atom stereocenters. The Hall–Kier alpha value is -4.27. The largest absolute Gasteiger partial charge is 0.484 e. The fourth-order valence-electron chi connectivity index (χ4n) is 3.42. The minimum absolute atomic E-state index is 0.0578. The number of aryl methyl sites for hydroxylation is 2. The van der Waals surface area contributed by atoms with Crippen molar-refractivity contribution in [1.82, 2.24) is 0 Å². The van der Waals surface area contributed by atoms with E-state index < -0.39 is 35.6 Å². The van der Waals surface area contributed by atoms with Crippen molar-refractivity contribution in [3.8, 4) is 17.2 Å². The number of benzene rings is 3. The van der Waals surface area contributed by atoms with Crippen molar-refractivity contribution in [1.29, 1.82) is 0 Å². The number of ether oxygens (including phenoxy) is 2. The summed E-state index contributed by atoms with van der Waals surface area (Å²) in [7, 11) is 0. The molecule has 0 aliphatic heterocycles. The van der Waals surface area contributed by atoms with Crippen molar-refractivity contribution in [2.75, 3.05) is 11.9 Å². The summed E-state index contributed by atoms with van der Waals surface area (Å²) >= 11 is 0. The van der Waals surface area contributed by atoms with Gasteiger partial charge in [0.2, 0.25) is 11.2 Å². The Morgan fingerprint density at radius 2 is 1.64 bits per heavy atom. The first kappa shape index (κ1) is 24.8. The van der Waals surface area contributed by atoms with E-state index in [4.69, 9.17) is 13.9 Å². The summed E-state index contributed by atoms with van der Waals surface area (Å²) in [6.07, 6.45) is -4.12. The van der Waals surface area contributed by atoms with E-state index in [0.717, 1.165) is 23.6 Å². The van der Waals surface area contributed by atoms with Gasteiger partial charge in [-0.25, -0.2) is 0 Å². The molecule has 1 heterocycles. The van der Waals surface area contributed by atoms with E-state index >= 15 is 0 Å². The number of carbonyl (C=O) groups is 1. The van der Waals surface area contributed by atoms with Crippen LogP contribution < -0.4 is 20.2 Å². The number of anilines is 1. The summed E-state index contributed by atoms with van der Waals surface area (Å²) in [5.41, 5.74) is 1.24. The maximum atomic E-state index is 13.7. The molecule has 0 radical (unpaired) electrons. The average molecular weight is 497 g/mol. The minimum atomic E-state index is -4.99. The van der Waals surface area contributed by atoms with E-state index in [0.29, 0.717) is 5.69 Å². The van der Waals surface area contributed by atoms with Gasteiger partial charge in [-0.05, 0) is 55.3 Å². The maximum absolute atomic E-state index is 13.7. The Bertz CT molecular complexity index is 1440. The maximum Gasteiger partial charge on any atom is 0.453 e. The topological polar surface area (TPSA) is 77.8 Å². The second kappa shape index (κ2) is 10.2. The van der Waals surface area contributed by atoms with Crippen molar-refractivity contribution >= 4 is 22.6 Å². The molecule has 0 saturated carbocycles. The molecule has 0 saturated heterocycles. The number of hydrogen-bond acceptors (Lipinski definition) is 5. The Balaban J connectivity index is 1.57. The summed E-state index contributed by atoms with van der Waals surface area (Å²) in [5, 5.41) is 2.54. The molecule has 4 aromatic rings. The monoisotopic (exact) mass is 497 g/mol. The van der Waals surface area contributed by atoms with Crippen molar-refractivity contribution in [2.24, 2.45) is 0 Å².